The summed E-state index contributed by atoms with van der Waals surface area (Å²) in [5, 5.41) is 8.53. The lowest BCUT2D eigenvalue weighted by Crippen LogP contribution is -2.40. The van der Waals surface area contributed by atoms with Gasteiger partial charge in [-0.3, -0.25) is 4.79 Å². The van der Waals surface area contributed by atoms with Crippen LogP contribution < -0.4 is 0 Å². The molecule has 0 N–H and O–H groups in total. The van der Waals surface area contributed by atoms with E-state index in [0.717, 1.165) is 43.9 Å². The molecule has 1 aromatic heterocycles. The van der Waals surface area contributed by atoms with Crippen LogP contribution in [0.25, 0.3) is 0 Å². The number of hydrogen-bond acceptors (Lipinski definition) is 4. The van der Waals surface area contributed by atoms with Gasteiger partial charge in [0.15, 0.2) is 5.82 Å². The van der Waals surface area contributed by atoms with Crippen LogP contribution in [-0.4, -0.2) is 27.3 Å². The average Bonchev–Trinajstić information content (AvgIpc) is 2.66. The summed E-state index contributed by atoms with van der Waals surface area (Å²) in [7, 11) is 0. The Kier molecular flexibility index (Phi) is 4.78. The first-order valence-corrected chi connectivity index (χ1v) is 7.73. The molecule has 0 aliphatic heterocycles. The highest BCUT2D eigenvalue weighted by Gasteiger charge is 2.45. The van der Waals surface area contributed by atoms with Crippen molar-refractivity contribution in [2.75, 3.05) is 6.61 Å². The van der Waals surface area contributed by atoms with Gasteiger partial charge in [-0.05, 0) is 33.6 Å². The van der Waals surface area contributed by atoms with E-state index in [2.05, 4.69) is 21.7 Å². The zero-order valence-corrected chi connectivity index (χ0v) is 12.8. The van der Waals surface area contributed by atoms with Crippen molar-refractivity contribution < 1.29 is 9.53 Å². The molecule has 0 saturated heterocycles. The lowest BCUT2D eigenvalue weighted by atomic mass is 9.79. The van der Waals surface area contributed by atoms with Crippen LogP contribution in [0.2, 0.25) is 0 Å². The van der Waals surface area contributed by atoms with Crippen molar-refractivity contribution >= 4 is 5.97 Å². The topological polar surface area (TPSA) is 57.0 Å². The Labute approximate surface area is 120 Å². The monoisotopic (exact) mass is 279 g/mol. The summed E-state index contributed by atoms with van der Waals surface area (Å²) in [5.74, 6) is 1.55. The Balaban J connectivity index is 2.46. The number of rotatable bonds is 4. The van der Waals surface area contributed by atoms with Gasteiger partial charge in [-0.2, -0.15) is 0 Å². The highest BCUT2D eigenvalue weighted by Crippen LogP contribution is 2.39. The Morgan fingerprint density at radius 1 is 1.20 bits per heavy atom. The van der Waals surface area contributed by atoms with Crippen molar-refractivity contribution in [2.24, 2.45) is 0 Å². The number of nitrogens with zero attached hydrogens (tertiary/aromatic N) is 3. The van der Waals surface area contributed by atoms with E-state index in [1.807, 2.05) is 13.8 Å². The third kappa shape index (κ3) is 2.58. The predicted molar refractivity (Wildman–Crippen MR) is 76.4 cm³/mol. The SMILES string of the molecule is CCOC(=O)C1(c2nnc(C)n2CC)CCCCCC1. The van der Waals surface area contributed by atoms with Crippen LogP contribution in [0.4, 0.5) is 0 Å². The van der Waals surface area contributed by atoms with Crippen molar-refractivity contribution in [3.63, 3.8) is 0 Å². The van der Waals surface area contributed by atoms with Crippen LogP contribution in [0.15, 0.2) is 0 Å². The molecule has 5 nitrogen and oxygen atoms in total. The van der Waals surface area contributed by atoms with Crippen molar-refractivity contribution in [1.29, 1.82) is 0 Å². The highest BCUT2D eigenvalue weighted by atomic mass is 16.5. The van der Waals surface area contributed by atoms with E-state index in [4.69, 9.17) is 4.74 Å². The van der Waals surface area contributed by atoms with E-state index in [-0.39, 0.29) is 5.97 Å². The number of carbonyl (C=O) groups excluding carboxylic acids is 1. The van der Waals surface area contributed by atoms with Gasteiger partial charge in [0.1, 0.15) is 11.2 Å². The molecule has 1 aliphatic rings. The first-order valence-electron chi connectivity index (χ1n) is 7.73. The van der Waals surface area contributed by atoms with Crippen molar-refractivity contribution in [2.45, 2.75) is 71.3 Å². The smallest absolute Gasteiger partial charge is 0.319 e. The molecule has 5 heteroatoms. The minimum Gasteiger partial charge on any atom is -0.465 e. The van der Waals surface area contributed by atoms with Gasteiger partial charge in [-0.1, -0.05) is 25.7 Å². The maximum absolute atomic E-state index is 12.6. The molecule has 1 aliphatic carbocycles. The normalized spacial score (nSPS) is 18.6. The minimum atomic E-state index is -0.593. The zero-order chi connectivity index (χ0) is 14.6. The van der Waals surface area contributed by atoms with E-state index < -0.39 is 5.41 Å². The molecule has 0 atom stereocenters. The molecule has 112 valence electrons. The first kappa shape index (κ1) is 15.0. The van der Waals surface area contributed by atoms with E-state index in [9.17, 15) is 4.79 Å². The Morgan fingerprint density at radius 2 is 1.85 bits per heavy atom. The molecule has 0 aromatic carbocycles. The van der Waals surface area contributed by atoms with Gasteiger partial charge in [0.05, 0.1) is 6.61 Å². The van der Waals surface area contributed by atoms with Crippen LogP contribution in [0.1, 0.15) is 64.0 Å². The second-order valence-electron chi connectivity index (χ2n) is 5.53. The summed E-state index contributed by atoms with van der Waals surface area (Å²) >= 11 is 0. The first-order chi connectivity index (χ1) is 9.65. The summed E-state index contributed by atoms with van der Waals surface area (Å²) in [4.78, 5) is 12.6. The fourth-order valence-electron chi connectivity index (χ4n) is 3.23. The molecule has 1 heterocycles. The number of ether oxygens (including phenoxy) is 1. The van der Waals surface area contributed by atoms with Crippen LogP contribution >= 0.6 is 0 Å². The summed E-state index contributed by atoms with van der Waals surface area (Å²) in [6, 6.07) is 0. The van der Waals surface area contributed by atoms with Gasteiger partial charge < -0.3 is 9.30 Å². The lowest BCUT2D eigenvalue weighted by Gasteiger charge is -2.29. The van der Waals surface area contributed by atoms with Gasteiger partial charge in [-0.15, -0.1) is 10.2 Å². The van der Waals surface area contributed by atoms with E-state index in [1.54, 1.807) is 0 Å². The van der Waals surface area contributed by atoms with Gasteiger partial charge in [0.25, 0.3) is 0 Å². The van der Waals surface area contributed by atoms with Crippen molar-refractivity contribution in [1.82, 2.24) is 14.8 Å². The average molecular weight is 279 g/mol. The van der Waals surface area contributed by atoms with Crippen LogP contribution in [0, 0.1) is 6.92 Å². The summed E-state index contributed by atoms with van der Waals surface area (Å²) < 4.78 is 7.44. The number of hydrogen-bond donors (Lipinski definition) is 0. The molecule has 20 heavy (non-hydrogen) atoms. The molecule has 1 aromatic rings. The molecule has 0 bridgehead atoms. The molecule has 1 fully saturated rings. The van der Waals surface area contributed by atoms with Crippen molar-refractivity contribution in [3.05, 3.63) is 11.6 Å². The Bertz CT molecular complexity index is 460. The van der Waals surface area contributed by atoms with Crippen LogP contribution in [0.3, 0.4) is 0 Å². The molecule has 0 amide bonds. The molecule has 0 spiro atoms. The predicted octanol–water partition coefficient (Wildman–Crippen LogP) is 2.76. The fraction of sp³-hybridized carbons (Fsp3) is 0.800. The molecular formula is C15H25N3O2. The number of aryl methyl sites for hydroxylation is 1. The maximum Gasteiger partial charge on any atom is 0.319 e. The molecular weight excluding hydrogens is 254 g/mol. The number of esters is 1. The summed E-state index contributed by atoms with van der Waals surface area (Å²) in [6.07, 6.45) is 6.11. The van der Waals surface area contributed by atoms with Crippen LogP contribution in [-0.2, 0) is 21.5 Å². The third-order valence-electron chi connectivity index (χ3n) is 4.30. The van der Waals surface area contributed by atoms with Crippen molar-refractivity contribution in [3.8, 4) is 0 Å². The van der Waals surface area contributed by atoms with Gasteiger partial charge >= 0.3 is 5.97 Å². The standard InChI is InChI=1S/C15H25N3O2/c1-4-18-12(3)16-17-13(18)15(14(19)20-5-2)10-8-6-7-9-11-15/h4-11H2,1-3H3. The summed E-state index contributed by atoms with van der Waals surface area (Å²) in [6.45, 7) is 7.07. The Morgan fingerprint density at radius 3 is 2.40 bits per heavy atom. The lowest BCUT2D eigenvalue weighted by molar-refractivity contribution is -0.151. The largest absolute Gasteiger partial charge is 0.465 e. The molecule has 1 saturated carbocycles. The molecule has 2 rings (SSSR count). The Hall–Kier alpha value is -1.39. The van der Waals surface area contributed by atoms with E-state index in [1.165, 1.54) is 12.8 Å². The minimum absolute atomic E-state index is 0.121. The van der Waals surface area contributed by atoms with E-state index in [0.29, 0.717) is 6.61 Å². The highest BCUT2D eigenvalue weighted by molar-refractivity contribution is 5.82. The third-order valence-corrected chi connectivity index (χ3v) is 4.30. The van der Waals surface area contributed by atoms with Gasteiger partial charge in [-0.25, -0.2) is 0 Å². The maximum atomic E-state index is 12.6. The zero-order valence-electron chi connectivity index (χ0n) is 12.8. The van der Waals surface area contributed by atoms with Gasteiger partial charge in [0, 0.05) is 6.54 Å². The van der Waals surface area contributed by atoms with Crippen LogP contribution in [0.5, 0.6) is 0 Å². The number of carbonyl (C=O) groups is 1. The second-order valence-corrected chi connectivity index (χ2v) is 5.53. The quantitative estimate of drug-likeness (QED) is 0.628. The summed E-state index contributed by atoms with van der Waals surface area (Å²) in [5.41, 5.74) is -0.593. The molecule has 0 unspecified atom stereocenters. The second kappa shape index (κ2) is 6.37. The van der Waals surface area contributed by atoms with Gasteiger partial charge in [0.2, 0.25) is 0 Å². The molecule has 0 radical (unpaired) electrons. The number of aromatic nitrogens is 3. The van der Waals surface area contributed by atoms with E-state index >= 15 is 0 Å². The fourth-order valence-corrected chi connectivity index (χ4v) is 3.23.